The summed E-state index contributed by atoms with van der Waals surface area (Å²) in [7, 11) is 0. The van der Waals surface area contributed by atoms with Crippen LogP contribution in [0.15, 0.2) is 0 Å². The van der Waals surface area contributed by atoms with Gasteiger partial charge in [-0.1, -0.05) is 0 Å². The van der Waals surface area contributed by atoms with Crippen LogP contribution in [0.3, 0.4) is 0 Å². The highest BCUT2D eigenvalue weighted by molar-refractivity contribution is 5.78. The van der Waals surface area contributed by atoms with E-state index in [2.05, 4.69) is 17.6 Å². The molecule has 0 aromatic carbocycles. The van der Waals surface area contributed by atoms with Gasteiger partial charge in [-0.25, -0.2) is 0 Å². The third-order valence-electron chi connectivity index (χ3n) is 2.74. The molecule has 1 heterocycles. The maximum absolute atomic E-state index is 11.7. The molecule has 0 unspecified atom stereocenters. The molecule has 4 heteroatoms. The number of carbonyl (C=O) groups is 1. The first-order chi connectivity index (χ1) is 7.24. The molecule has 4 nitrogen and oxygen atoms in total. The van der Waals surface area contributed by atoms with Crippen LogP contribution >= 0.6 is 0 Å². The Hall–Kier alpha value is -0.610. The van der Waals surface area contributed by atoms with E-state index in [0.29, 0.717) is 25.8 Å². The molecule has 0 aromatic rings. The standard InChI is InChI=1S/C11H22N2O2/c1-3-15-7-6-13-11(14)10-4-5-12-9(2)8-10/h9-10,12H,3-8H2,1-2H3,(H,13,14)/t9-,10-/m0/s1. The van der Waals surface area contributed by atoms with Gasteiger partial charge in [-0.05, 0) is 33.2 Å². The second kappa shape index (κ2) is 6.80. The third-order valence-corrected chi connectivity index (χ3v) is 2.74. The van der Waals surface area contributed by atoms with Crippen LogP contribution in [0.4, 0.5) is 0 Å². The van der Waals surface area contributed by atoms with Crippen molar-refractivity contribution in [3.63, 3.8) is 0 Å². The van der Waals surface area contributed by atoms with E-state index in [-0.39, 0.29) is 11.8 Å². The highest BCUT2D eigenvalue weighted by Gasteiger charge is 2.23. The predicted octanol–water partition coefficient (Wildman–Crippen LogP) is 0.527. The van der Waals surface area contributed by atoms with E-state index in [0.717, 1.165) is 19.4 Å². The maximum atomic E-state index is 11.7. The van der Waals surface area contributed by atoms with E-state index in [1.165, 1.54) is 0 Å². The molecule has 1 amide bonds. The molecule has 0 spiro atoms. The fourth-order valence-corrected chi connectivity index (χ4v) is 1.91. The van der Waals surface area contributed by atoms with Crippen LogP contribution < -0.4 is 10.6 Å². The minimum Gasteiger partial charge on any atom is -0.380 e. The van der Waals surface area contributed by atoms with Crippen molar-refractivity contribution in [3.8, 4) is 0 Å². The number of piperidine rings is 1. The summed E-state index contributed by atoms with van der Waals surface area (Å²) in [6.07, 6.45) is 1.89. The van der Waals surface area contributed by atoms with Gasteiger partial charge in [0.1, 0.15) is 0 Å². The minimum atomic E-state index is 0.183. The Morgan fingerprint density at radius 3 is 3.07 bits per heavy atom. The Bertz CT molecular complexity index is 197. The average Bonchev–Trinajstić information content (AvgIpc) is 2.24. The monoisotopic (exact) mass is 214 g/mol. The van der Waals surface area contributed by atoms with Gasteiger partial charge in [0.25, 0.3) is 0 Å². The van der Waals surface area contributed by atoms with Crippen LogP contribution in [0.25, 0.3) is 0 Å². The lowest BCUT2D eigenvalue weighted by Crippen LogP contribution is -2.43. The Morgan fingerprint density at radius 1 is 1.60 bits per heavy atom. The first-order valence-corrected chi connectivity index (χ1v) is 5.83. The molecule has 0 bridgehead atoms. The Balaban J connectivity index is 2.15. The van der Waals surface area contributed by atoms with Gasteiger partial charge in [-0.2, -0.15) is 0 Å². The average molecular weight is 214 g/mol. The van der Waals surface area contributed by atoms with Crippen molar-refractivity contribution in [1.29, 1.82) is 0 Å². The van der Waals surface area contributed by atoms with Crippen LogP contribution in [-0.4, -0.2) is 38.3 Å². The topological polar surface area (TPSA) is 50.4 Å². The molecule has 0 aliphatic carbocycles. The second-order valence-corrected chi connectivity index (χ2v) is 4.06. The summed E-state index contributed by atoms with van der Waals surface area (Å²) in [6, 6.07) is 0.460. The molecule has 0 aromatic heterocycles. The fraction of sp³-hybridized carbons (Fsp3) is 0.909. The van der Waals surface area contributed by atoms with Crippen molar-refractivity contribution in [2.24, 2.45) is 5.92 Å². The lowest BCUT2D eigenvalue weighted by atomic mass is 9.92. The summed E-state index contributed by atoms with van der Waals surface area (Å²) in [6.45, 7) is 6.98. The summed E-state index contributed by atoms with van der Waals surface area (Å²) in [4.78, 5) is 11.7. The molecule has 1 aliphatic rings. The number of amides is 1. The molecular weight excluding hydrogens is 192 g/mol. The number of carbonyl (C=O) groups excluding carboxylic acids is 1. The summed E-state index contributed by atoms with van der Waals surface area (Å²) >= 11 is 0. The second-order valence-electron chi connectivity index (χ2n) is 4.06. The highest BCUT2D eigenvalue weighted by Crippen LogP contribution is 2.15. The van der Waals surface area contributed by atoms with Crippen molar-refractivity contribution in [2.45, 2.75) is 32.7 Å². The van der Waals surface area contributed by atoms with Crippen molar-refractivity contribution < 1.29 is 9.53 Å². The van der Waals surface area contributed by atoms with Gasteiger partial charge in [0.15, 0.2) is 0 Å². The Morgan fingerprint density at radius 2 is 2.40 bits per heavy atom. The predicted molar refractivity (Wildman–Crippen MR) is 59.7 cm³/mol. The van der Waals surface area contributed by atoms with Gasteiger partial charge in [0.2, 0.25) is 5.91 Å². The highest BCUT2D eigenvalue weighted by atomic mass is 16.5. The quantitative estimate of drug-likeness (QED) is 0.656. The van der Waals surface area contributed by atoms with E-state index >= 15 is 0 Å². The smallest absolute Gasteiger partial charge is 0.223 e. The molecule has 1 fully saturated rings. The molecule has 88 valence electrons. The molecule has 1 rings (SSSR count). The molecule has 0 radical (unpaired) electrons. The van der Waals surface area contributed by atoms with Crippen molar-refractivity contribution >= 4 is 5.91 Å². The van der Waals surface area contributed by atoms with Crippen LogP contribution in [0.5, 0.6) is 0 Å². The SMILES string of the molecule is CCOCCNC(=O)[C@H]1CCN[C@@H](C)C1. The number of nitrogens with one attached hydrogen (secondary N) is 2. The van der Waals surface area contributed by atoms with Gasteiger partial charge in [-0.15, -0.1) is 0 Å². The van der Waals surface area contributed by atoms with Crippen LogP contribution in [0.2, 0.25) is 0 Å². The number of rotatable bonds is 5. The lowest BCUT2D eigenvalue weighted by Gasteiger charge is -2.27. The Labute approximate surface area is 91.8 Å². The zero-order valence-corrected chi connectivity index (χ0v) is 9.71. The largest absolute Gasteiger partial charge is 0.380 e. The summed E-state index contributed by atoms with van der Waals surface area (Å²) in [5.41, 5.74) is 0. The minimum absolute atomic E-state index is 0.183. The fourth-order valence-electron chi connectivity index (χ4n) is 1.91. The molecule has 2 atom stereocenters. The lowest BCUT2D eigenvalue weighted by molar-refractivity contribution is -0.126. The summed E-state index contributed by atoms with van der Waals surface area (Å²) in [5.74, 6) is 0.367. The normalized spacial score (nSPS) is 26.3. The number of ether oxygens (including phenoxy) is 1. The van der Waals surface area contributed by atoms with Crippen molar-refractivity contribution in [1.82, 2.24) is 10.6 Å². The molecule has 15 heavy (non-hydrogen) atoms. The van der Waals surface area contributed by atoms with E-state index < -0.39 is 0 Å². The van der Waals surface area contributed by atoms with E-state index in [1.807, 2.05) is 6.92 Å². The van der Waals surface area contributed by atoms with Gasteiger partial charge < -0.3 is 15.4 Å². The summed E-state index contributed by atoms with van der Waals surface area (Å²) < 4.78 is 5.17. The molecule has 2 N–H and O–H groups in total. The van der Waals surface area contributed by atoms with E-state index in [9.17, 15) is 4.79 Å². The number of hydrogen-bond acceptors (Lipinski definition) is 3. The Kier molecular flexibility index (Phi) is 5.65. The van der Waals surface area contributed by atoms with Gasteiger partial charge in [0, 0.05) is 25.1 Å². The summed E-state index contributed by atoms with van der Waals surface area (Å²) in [5, 5.41) is 6.25. The van der Waals surface area contributed by atoms with Crippen molar-refractivity contribution in [3.05, 3.63) is 0 Å². The van der Waals surface area contributed by atoms with Crippen LogP contribution in [-0.2, 0) is 9.53 Å². The first-order valence-electron chi connectivity index (χ1n) is 5.83. The van der Waals surface area contributed by atoms with E-state index in [4.69, 9.17) is 4.74 Å². The van der Waals surface area contributed by atoms with Crippen LogP contribution in [0, 0.1) is 5.92 Å². The van der Waals surface area contributed by atoms with E-state index in [1.54, 1.807) is 0 Å². The molecule has 1 saturated heterocycles. The van der Waals surface area contributed by atoms with Gasteiger partial charge >= 0.3 is 0 Å². The third kappa shape index (κ3) is 4.62. The zero-order valence-electron chi connectivity index (χ0n) is 9.71. The van der Waals surface area contributed by atoms with Crippen LogP contribution in [0.1, 0.15) is 26.7 Å². The molecular formula is C11H22N2O2. The first kappa shape index (κ1) is 12.5. The van der Waals surface area contributed by atoms with Gasteiger partial charge in [0.05, 0.1) is 6.61 Å². The molecule has 1 aliphatic heterocycles. The maximum Gasteiger partial charge on any atom is 0.223 e. The number of hydrogen-bond donors (Lipinski definition) is 2. The van der Waals surface area contributed by atoms with Crippen molar-refractivity contribution in [2.75, 3.05) is 26.3 Å². The van der Waals surface area contributed by atoms with Gasteiger partial charge in [-0.3, -0.25) is 4.79 Å². The zero-order chi connectivity index (χ0) is 11.1. The molecule has 0 saturated carbocycles.